The molecule has 0 aromatic heterocycles. The summed E-state index contributed by atoms with van der Waals surface area (Å²) in [6, 6.07) is 0. The van der Waals surface area contributed by atoms with E-state index in [1.54, 1.807) is 0 Å². The standard InChI is InChI=1S/C10H20N5OS.C2H6/c11-14-15-12-9-16-13-7-4-8-17-10-5-2-1-3-6-10;1-2/h9-10H,1-8H2,(H2,11,15);1-2H3/q-1;/b12-9-;. The van der Waals surface area contributed by atoms with Gasteiger partial charge >= 0.3 is 0 Å². The molecule has 0 saturated heterocycles. The van der Waals surface area contributed by atoms with E-state index in [-0.39, 0.29) is 0 Å². The van der Waals surface area contributed by atoms with E-state index in [1.165, 1.54) is 32.1 Å². The lowest BCUT2D eigenvalue weighted by Gasteiger charge is -2.22. The SMILES string of the molecule is CC.N/N=N/N=C\O[N-]CCCSC1CCCCC1. The third-order valence-electron chi connectivity index (χ3n) is 2.57. The van der Waals surface area contributed by atoms with Gasteiger partial charge in [0, 0.05) is 5.25 Å². The first-order chi connectivity index (χ1) is 9.43. The Morgan fingerprint density at radius 3 is 2.74 bits per heavy atom. The molecule has 0 bridgehead atoms. The van der Waals surface area contributed by atoms with Crippen LogP contribution in [0, 0.1) is 0 Å². The highest BCUT2D eigenvalue weighted by molar-refractivity contribution is 7.99. The van der Waals surface area contributed by atoms with Crippen molar-refractivity contribution in [1.29, 1.82) is 0 Å². The number of rotatable bonds is 8. The lowest BCUT2D eigenvalue weighted by atomic mass is 10.0. The van der Waals surface area contributed by atoms with Crippen LogP contribution in [0.3, 0.4) is 0 Å². The van der Waals surface area contributed by atoms with Gasteiger partial charge in [-0.2, -0.15) is 11.8 Å². The fraction of sp³-hybridized carbons (Fsp3) is 0.917. The number of hydrogen-bond acceptors (Lipinski definition) is 4. The van der Waals surface area contributed by atoms with Gasteiger partial charge in [-0.15, -0.1) is 11.6 Å². The minimum absolute atomic E-state index is 0.686. The summed E-state index contributed by atoms with van der Waals surface area (Å²) in [6.07, 6.45) is 9.14. The smallest absolute Gasteiger partial charge is 0.181 e. The van der Waals surface area contributed by atoms with Crippen LogP contribution in [0.2, 0.25) is 0 Å². The Balaban J connectivity index is 0.00000154. The topological polar surface area (TPSA) is 86.4 Å². The molecule has 1 rings (SSSR count). The van der Waals surface area contributed by atoms with Gasteiger partial charge in [-0.3, -0.25) is 0 Å². The molecule has 1 saturated carbocycles. The molecule has 19 heavy (non-hydrogen) atoms. The second-order valence-electron chi connectivity index (χ2n) is 3.87. The van der Waals surface area contributed by atoms with E-state index in [2.05, 4.69) is 32.8 Å². The minimum atomic E-state index is 0.686. The van der Waals surface area contributed by atoms with Crippen molar-refractivity contribution in [1.82, 2.24) is 0 Å². The van der Waals surface area contributed by atoms with Gasteiger partial charge in [0.05, 0.1) is 0 Å². The van der Waals surface area contributed by atoms with Crippen molar-refractivity contribution < 1.29 is 4.84 Å². The minimum Gasteiger partial charge on any atom is -0.578 e. The van der Waals surface area contributed by atoms with E-state index in [0.717, 1.165) is 23.8 Å². The number of nitrogens with zero attached hydrogens (tertiary/aromatic N) is 4. The first-order valence-corrected chi connectivity index (χ1v) is 8.04. The van der Waals surface area contributed by atoms with Crippen LogP contribution in [0.1, 0.15) is 52.4 Å². The van der Waals surface area contributed by atoms with E-state index < -0.39 is 0 Å². The highest BCUT2D eigenvalue weighted by Crippen LogP contribution is 2.28. The van der Waals surface area contributed by atoms with Crippen LogP contribution >= 0.6 is 11.8 Å². The zero-order valence-electron chi connectivity index (χ0n) is 12.0. The Labute approximate surface area is 120 Å². The number of nitrogens with two attached hydrogens (primary N) is 1. The largest absolute Gasteiger partial charge is 0.578 e. The number of hydroxylamine groups is 1. The maximum Gasteiger partial charge on any atom is 0.181 e. The van der Waals surface area contributed by atoms with Crippen LogP contribution in [0.4, 0.5) is 0 Å². The van der Waals surface area contributed by atoms with Crippen LogP contribution < -0.4 is 5.84 Å². The Morgan fingerprint density at radius 2 is 2.05 bits per heavy atom. The highest BCUT2D eigenvalue weighted by atomic mass is 32.2. The Hall–Kier alpha value is -0.820. The molecule has 1 aliphatic carbocycles. The van der Waals surface area contributed by atoms with E-state index >= 15 is 0 Å². The van der Waals surface area contributed by atoms with Crippen molar-refractivity contribution in [2.24, 2.45) is 21.4 Å². The second kappa shape index (κ2) is 15.2. The van der Waals surface area contributed by atoms with Gasteiger partial charge in [0.15, 0.2) is 6.40 Å². The van der Waals surface area contributed by atoms with Gasteiger partial charge < -0.3 is 16.2 Å². The summed E-state index contributed by atoms with van der Waals surface area (Å²) in [7, 11) is 0. The fourth-order valence-corrected chi connectivity index (χ4v) is 3.06. The molecule has 0 unspecified atom stereocenters. The molecule has 0 heterocycles. The van der Waals surface area contributed by atoms with Crippen LogP contribution in [0.15, 0.2) is 15.5 Å². The summed E-state index contributed by atoms with van der Waals surface area (Å²) < 4.78 is 0. The van der Waals surface area contributed by atoms with Gasteiger partial charge in [-0.1, -0.05) is 44.8 Å². The number of thioether (sulfide) groups is 1. The average Bonchev–Trinajstić information content (AvgIpc) is 2.49. The molecule has 2 N–H and O–H groups in total. The Kier molecular flexibility index (Phi) is 14.6. The molecule has 7 heteroatoms. The molecular formula is C12H26N5OS-. The fourth-order valence-electron chi connectivity index (χ4n) is 1.77. The molecule has 112 valence electrons. The normalized spacial score (nSPS) is 16.5. The Bertz CT molecular complexity index is 232. The van der Waals surface area contributed by atoms with Crippen molar-refractivity contribution in [2.45, 2.75) is 57.6 Å². The van der Waals surface area contributed by atoms with E-state index in [1.807, 2.05) is 13.8 Å². The molecule has 0 radical (unpaired) electrons. The zero-order chi connectivity index (χ0) is 14.2. The monoisotopic (exact) mass is 288 g/mol. The molecule has 1 fully saturated rings. The predicted octanol–water partition coefficient (Wildman–Crippen LogP) is 4.04. The highest BCUT2D eigenvalue weighted by Gasteiger charge is 2.12. The molecule has 6 nitrogen and oxygen atoms in total. The third kappa shape index (κ3) is 12.0. The second-order valence-corrected chi connectivity index (χ2v) is 5.28. The van der Waals surface area contributed by atoms with Crippen molar-refractivity contribution in [2.75, 3.05) is 12.3 Å². The zero-order valence-corrected chi connectivity index (χ0v) is 12.8. The molecule has 0 aliphatic heterocycles. The first-order valence-electron chi connectivity index (χ1n) is 6.99. The maximum absolute atomic E-state index is 4.74. The summed E-state index contributed by atoms with van der Waals surface area (Å²) in [5.41, 5.74) is 3.82. The van der Waals surface area contributed by atoms with Gasteiger partial charge in [0.2, 0.25) is 0 Å². The van der Waals surface area contributed by atoms with Crippen molar-refractivity contribution >= 4 is 18.2 Å². The van der Waals surface area contributed by atoms with Crippen LogP contribution in [0.5, 0.6) is 0 Å². The summed E-state index contributed by atoms with van der Waals surface area (Å²) in [5, 5.41) is 10.3. The summed E-state index contributed by atoms with van der Waals surface area (Å²) in [6.45, 7) is 4.69. The summed E-state index contributed by atoms with van der Waals surface area (Å²) in [4.78, 5) is 4.74. The summed E-state index contributed by atoms with van der Waals surface area (Å²) in [5.74, 6) is 5.89. The molecule has 0 atom stereocenters. The first kappa shape index (κ1) is 18.2. The third-order valence-corrected chi connectivity index (χ3v) is 4.04. The lowest BCUT2D eigenvalue weighted by molar-refractivity contribution is 0.424. The molecular weight excluding hydrogens is 262 g/mol. The Morgan fingerprint density at radius 1 is 1.32 bits per heavy atom. The molecule has 0 spiro atoms. The maximum atomic E-state index is 4.74. The van der Waals surface area contributed by atoms with E-state index in [9.17, 15) is 0 Å². The predicted molar refractivity (Wildman–Crippen MR) is 82.1 cm³/mol. The van der Waals surface area contributed by atoms with Gasteiger partial charge in [0.25, 0.3) is 0 Å². The molecule has 0 amide bonds. The average molecular weight is 288 g/mol. The van der Waals surface area contributed by atoms with Crippen LogP contribution in [-0.4, -0.2) is 23.9 Å². The lowest BCUT2D eigenvalue weighted by Crippen LogP contribution is -2.08. The van der Waals surface area contributed by atoms with Gasteiger partial charge in [0.1, 0.15) is 0 Å². The van der Waals surface area contributed by atoms with Crippen molar-refractivity contribution in [3.63, 3.8) is 0 Å². The molecule has 0 aromatic rings. The van der Waals surface area contributed by atoms with Gasteiger partial charge in [-0.25, -0.2) is 0 Å². The van der Waals surface area contributed by atoms with E-state index in [4.69, 9.17) is 10.7 Å². The van der Waals surface area contributed by atoms with Crippen molar-refractivity contribution in [3.8, 4) is 0 Å². The molecule has 1 aliphatic rings. The van der Waals surface area contributed by atoms with Crippen LogP contribution in [-0.2, 0) is 4.84 Å². The van der Waals surface area contributed by atoms with E-state index in [0.29, 0.717) is 6.54 Å². The number of hydrogen-bond donors (Lipinski definition) is 1. The van der Waals surface area contributed by atoms with Crippen molar-refractivity contribution in [3.05, 3.63) is 5.48 Å². The molecule has 0 aromatic carbocycles. The quantitative estimate of drug-likeness (QED) is 0.182. The summed E-state index contributed by atoms with van der Waals surface area (Å²) >= 11 is 2.07. The van der Waals surface area contributed by atoms with Gasteiger partial charge in [-0.05, 0) is 23.8 Å². The van der Waals surface area contributed by atoms with Crippen LogP contribution in [0.25, 0.3) is 5.48 Å².